The third kappa shape index (κ3) is 5.58. The Kier molecular flexibility index (Phi) is 7.31. The predicted molar refractivity (Wildman–Crippen MR) is 120 cm³/mol. The van der Waals surface area contributed by atoms with Crippen molar-refractivity contribution < 1.29 is 9.47 Å². The maximum Gasteiger partial charge on any atom is 0.201 e. The molecule has 3 aromatic carbocycles. The quantitative estimate of drug-likeness (QED) is 0.431. The zero-order chi connectivity index (χ0) is 20.9. The molecule has 0 fully saturated rings. The summed E-state index contributed by atoms with van der Waals surface area (Å²) in [7, 11) is 1.62. The van der Waals surface area contributed by atoms with Crippen LogP contribution in [-0.4, -0.2) is 17.4 Å². The molecule has 2 atom stereocenters. The normalized spacial score (nSPS) is 13.6. The van der Waals surface area contributed by atoms with Crippen molar-refractivity contribution in [3.63, 3.8) is 0 Å². The average molecular weight is 451 g/mol. The molecule has 6 heteroatoms. The largest absolute Gasteiger partial charge is 0.497 e. The van der Waals surface area contributed by atoms with Crippen LogP contribution in [0.15, 0.2) is 78.9 Å². The fraction of sp³-hybridized carbons (Fsp3) is 0.217. The zero-order valence-electron chi connectivity index (χ0n) is 15.9. The lowest BCUT2D eigenvalue weighted by Crippen LogP contribution is -2.19. The van der Waals surface area contributed by atoms with Crippen LogP contribution in [0.2, 0.25) is 0 Å². The highest BCUT2D eigenvalue weighted by Crippen LogP contribution is 2.46. The third-order valence-corrected chi connectivity index (χ3v) is 5.31. The molecule has 0 saturated carbocycles. The Morgan fingerprint density at radius 2 is 1.28 bits per heavy atom. The number of methoxy groups -OCH3 is 1. The number of rotatable bonds is 7. The summed E-state index contributed by atoms with van der Waals surface area (Å²) in [5.41, 5.74) is 8.67. The van der Waals surface area contributed by atoms with E-state index < -0.39 is 9.71 Å². The van der Waals surface area contributed by atoms with E-state index >= 15 is 0 Å². The summed E-state index contributed by atoms with van der Waals surface area (Å²) < 4.78 is 9.77. The Morgan fingerprint density at radius 1 is 0.759 bits per heavy atom. The highest BCUT2D eigenvalue weighted by molar-refractivity contribution is 6.68. The first-order valence-corrected chi connectivity index (χ1v) is 10.3. The van der Waals surface area contributed by atoms with Crippen molar-refractivity contribution in [1.82, 2.24) is 0 Å². The van der Waals surface area contributed by atoms with Crippen LogP contribution in [0, 0.1) is 0 Å². The Bertz CT molecular complexity index is 894. The molecule has 0 radical (unpaired) electrons. The van der Waals surface area contributed by atoms with Crippen LogP contribution >= 0.6 is 34.8 Å². The average Bonchev–Trinajstić information content (AvgIpc) is 2.73. The first kappa shape index (κ1) is 21.8. The number of benzene rings is 3. The predicted octanol–water partition coefficient (Wildman–Crippen LogP) is 6.28. The maximum absolute atomic E-state index is 6.32. The van der Waals surface area contributed by atoms with Crippen LogP contribution in [0.25, 0.3) is 0 Å². The zero-order valence-corrected chi connectivity index (χ0v) is 18.2. The molecule has 0 aliphatic rings. The molecule has 2 unspecified atom stereocenters. The van der Waals surface area contributed by atoms with E-state index in [4.69, 9.17) is 50.0 Å². The van der Waals surface area contributed by atoms with Crippen LogP contribution in [0.1, 0.15) is 28.7 Å². The Labute approximate surface area is 186 Å². The molecule has 3 nitrogen and oxygen atoms in total. The van der Waals surface area contributed by atoms with Crippen molar-refractivity contribution in [1.29, 1.82) is 0 Å². The monoisotopic (exact) mass is 449 g/mol. The van der Waals surface area contributed by atoms with Gasteiger partial charge in [0.25, 0.3) is 0 Å². The van der Waals surface area contributed by atoms with E-state index in [1.54, 1.807) is 7.11 Å². The van der Waals surface area contributed by atoms with Crippen LogP contribution in [-0.2, 0) is 0 Å². The lowest BCUT2D eigenvalue weighted by Gasteiger charge is -2.26. The van der Waals surface area contributed by atoms with Gasteiger partial charge in [-0.25, -0.2) is 0 Å². The molecule has 29 heavy (non-hydrogen) atoms. The Hall–Kier alpha value is -1.91. The number of alkyl halides is 3. The molecule has 0 aliphatic heterocycles. The first-order chi connectivity index (χ1) is 13.9. The van der Waals surface area contributed by atoms with Crippen molar-refractivity contribution in [2.45, 2.75) is 15.8 Å². The van der Waals surface area contributed by atoms with Crippen molar-refractivity contribution >= 4 is 34.8 Å². The minimum atomic E-state index is -1.51. The van der Waals surface area contributed by atoms with Crippen LogP contribution < -0.4 is 15.2 Å². The molecule has 152 valence electrons. The summed E-state index contributed by atoms with van der Waals surface area (Å²) in [6.45, 7) is 0.369. The van der Waals surface area contributed by atoms with Gasteiger partial charge in [-0.2, -0.15) is 0 Å². The molecule has 3 rings (SSSR count). The lowest BCUT2D eigenvalue weighted by molar-refractivity contribution is 0.214. The van der Waals surface area contributed by atoms with Gasteiger partial charge in [-0.3, -0.25) is 0 Å². The number of ether oxygens (including phenoxy) is 2. The molecule has 0 aliphatic carbocycles. The molecule has 0 heterocycles. The van der Waals surface area contributed by atoms with Crippen molar-refractivity contribution in [3.8, 4) is 11.5 Å². The first-order valence-electron chi connectivity index (χ1n) is 9.14. The van der Waals surface area contributed by atoms with Crippen molar-refractivity contribution in [3.05, 3.63) is 95.6 Å². The third-order valence-electron chi connectivity index (χ3n) is 4.65. The second-order valence-corrected chi connectivity index (χ2v) is 8.94. The minimum absolute atomic E-state index is 0.229. The second-order valence-electron chi connectivity index (χ2n) is 6.57. The van der Waals surface area contributed by atoms with Gasteiger partial charge in [-0.15, -0.1) is 0 Å². The second kappa shape index (κ2) is 9.73. The Balaban J connectivity index is 1.83. The SMILES string of the molecule is COc1ccc(C(c2ccc(OC(CN)c3ccccc3)cc2)C(Cl)(Cl)Cl)cc1. The molecule has 0 aromatic heterocycles. The van der Waals surface area contributed by atoms with Gasteiger partial charge in [0, 0.05) is 6.54 Å². The van der Waals surface area contributed by atoms with E-state index in [0.29, 0.717) is 12.3 Å². The van der Waals surface area contributed by atoms with Gasteiger partial charge in [-0.05, 0) is 41.0 Å². The van der Waals surface area contributed by atoms with Gasteiger partial charge in [0.15, 0.2) is 0 Å². The van der Waals surface area contributed by atoms with Gasteiger partial charge in [-0.1, -0.05) is 89.4 Å². The van der Waals surface area contributed by atoms with Gasteiger partial charge in [0.1, 0.15) is 17.6 Å². The maximum atomic E-state index is 6.32. The molecule has 0 bridgehead atoms. The lowest BCUT2D eigenvalue weighted by atomic mass is 9.92. The smallest absolute Gasteiger partial charge is 0.201 e. The number of hydrogen-bond acceptors (Lipinski definition) is 3. The molecule has 0 amide bonds. The summed E-state index contributed by atoms with van der Waals surface area (Å²) in [4.78, 5) is 0. The molecule has 0 spiro atoms. The fourth-order valence-corrected chi connectivity index (χ4v) is 3.95. The minimum Gasteiger partial charge on any atom is -0.497 e. The summed E-state index contributed by atoms with van der Waals surface area (Å²) >= 11 is 19.0. The molecule has 3 aromatic rings. The van der Waals surface area contributed by atoms with Crippen molar-refractivity contribution in [2.75, 3.05) is 13.7 Å². The molecular formula is C23H22Cl3NO2. The fourth-order valence-electron chi connectivity index (χ4n) is 3.19. The number of nitrogens with two attached hydrogens (primary N) is 1. The standard InChI is InChI=1S/C23H22Cl3NO2/c1-28-19-11-7-17(8-12-19)22(23(24,25)26)18-9-13-20(14-10-18)29-21(15-27)16-5-3-2-4-6-16/h2-14,21-22H,15,27H2,1H3. The van der Waals surface area contributed by atoms with Crippen LogP contribution in [0.5, 0.6) is 11.5 Å². The summed E-state index contributed by atoms with van der Waals surface area (Å²) in [6, 6.07) is 24.9. The van der Waals surface area contributed by atoms with E-state index in [1.165, 1.54) is 0 Å². The summed E-state index contributed by atoms with van der Waals surface area (Å²) in [6.07, 6.45) is -0.229. The van der Waals surface area contributed by atoms with Gasteiger partial charge < -0.3 is 15.2 Å². The van der Waals surface area contributed by atoms with Gasteiger partial charge in [0.05, 0.1) is 13.0 Å². The molecular weight excluding hydrogens is 429 g/mol. The number of hydrogen-bond donors (Lipinski definition) is 1. The van der Waals surface area contributed by atoms with Gasteiger partial charge in [0.2, 0.25) is 3.79 Å². The van der Waals surface area contributed by atoms with E-state index in [1.807, 2.05) is 78.9 Å². The van der Waals surface area contributed by atoms with Crippen LogP contribution in [0.4, 0.5) is 0 Å². The van der Waals surface area contributed by atoms with Gasteiger partial charge >= 0.3 is 0 Å². The van der Waals surface area contributed by atoms with E-state index in [-0.39, 0.29) is 6.10 Å². The number of halogens is 3. The summed E-state index contributed by atoms with van der Waals surface area (Å²) in [5, 5.41) is 0. The molecule has 0 saturated heterocycles. The van der Waals surface area contributed by atoms with Crippen molar-refractivity contribution in [2.24, 2.45) is 5.73 Å². The van der Waals surface area contributed by atoms with E-state index in [0.717, 1.165) is 22.4 Å². The van der Waals surface area contributed by atoms with E-state index in [9.17, 15) is 0 Å². The Morgan fingerprint density at radius 3 is 1.72 bits per heavy atom. The van der Waals surface area contributed by atoms with E-state index in [2.05, 4.69) is 0 Å². The highest BCUT2D eigenvalue weighted by Gasteiger charge is 2.35. The summed E-state index contributed by atoms with van der Waals surface area (Å²) in [5.74, 6) is 1.01. The molecule has 2 N–H and O–H groups in total. The van der Waals surface area contributed by atoms with Crippen LogP contribution in [0.3, 0.4) is 0 Å². The topological polar surface area (TPSA) is 44.5 Å². The highest BCUT2D eigenvalue weighted by atomic mass is 35.6.